The molecule has 0 radical (unpaired) electrons. The van der Waals surface area contributed by atoms with Crippen molar-refractivity contribution in [3.8, 4) is 5.88 Å². The number of nitrogens with two attached hydrogens (primary N) is 1. The molecule has 1 unspecified atom stereocenters. The van der Waals surface area contributed by atoms with Crippen LogP contribution in [-0.2, 0) is 0 Å². The first-order valence-corrected chi connectivity index (χ1v) is 8.71. The topological polar surface area (TPSA) is 110 Å². The van der Waals surface area contributed by atoms with Gasteiger partial charge in [0, 0.05) is 29.2 Å². The van der Waals surface area contributed by atoms with E-state index in [4.69, 9.17) is 10.6 Å². The molecule has 0 aliphatic carbocycles. The molecule has 8 nitrogen and oxygen atoms in total. The van der Waals surface area contributed by atoms with Gasteiger partial charge in [0.25, 0.3) is 11.8 Å². The Bertz CT molecular complexity index is 807. The van der Waals surface area contributed by atoms with E-state index in [0.29, 0.717) is 12.1 Å². The number of nitrogen functional groups attached to an aromatic ring is 1. The van der Waals surface area contributed by atoms with E-state index in [2.05, 4.69) is 9.97 Å². The van der Waals surface area contributed by atoms with Crippen molar-refractivity contribution in [1.82, 2.24) is 20.3 Å². The molecule has 1 saturated heterocycles. The monoisotopic (exact) mass is 361 g/mol. The second-order valence-corrected chi connectivity index (χ2v) is 6.63. The predicted octanol–water partition coefficient (Wildman–Crippen LogP) is 1.44. The lowest BCUT2D eigenvalue weighted by Gasteiger charge is -2.23. The second kappa shape index (κ2) is 7.16. The molecular formula is C16H19N5O3S. The molecule has 9 heteroatoms. The number of nitrogens with one attached hydrogen (secondary N) is 1. The van der Waals surface area contributed by atoms with Crippen LogP contribution in [0, 0.1) is 6.92 Å². The van der Waals surface area contributed by atoms with Gasteiger partial charge in [-0.2, -0.15) is 0 Å². The molecule has 1 fully saturated rings. The number of nitrogens with zero attached hydrogens (tertiary/aromatic N) is 3. The van der Waals surface area contributed by atoms with Gasteiger partial charge in [-0.05, 0) is 25.8 Å². The zero-order valence-corrected chi connectivity index (χ0v) is 14.8. The maximum atomic E-state index is 13.0. The van der Waals surface area contributed by atoms with Gasteiger partial charge in [0.1, 0.15) is 10.7 Å². The standard InChI is InChI=1S/C16H19N5O3S/c1-9-8-25-15(18-9)12-4-3-5-21(12)16(23)10-6-11(14(22)20-17)19-13(7-10)24-2/h6-8,12H,3-5,17H2,1-2H3,(H,20,22). The number of thiazole rings is 1. The van der Waals surface area contributed by atoms with Gasteiger partial charge >= 0.3 is 0 Å². The zero-order chi connectivity index (χ0) is 18.0. The molecule has 3 N–H and O–H groups in total. The van der Waals surface area contributed by atoms with Gasteiger partial charge in [-0.15, -0.1) is 11.3 Å². The highest BCUT2D eigenvalue weighted by Crippen LogP contribution is 2.35. The van der Waals surface area contributed by atoms with Crippen LogP contribution >= 0.6 is 11.3 Å². The molecule has 2 aromatic heterocycles. The Hall–Kier alpha value is -2.52. The number of amides is 2. The van der Waals surface area contributed by atoms with Crippen molar-refractivity contribution in [2.24, 2.45) is 5.84 Å². The van der Waals surface area contributed by atoms with Crippen LogP contribution in [0.1, 0.15) is 50.4 Å². The first kappa shape index (κ1) is 17.3. The molecule has 2 aromatic rings. The number of aryl methyl sites for hydroxylation is 1. The smallest absolute Gasteiger partial charge is 0.283 e. The van der Waals surface area contributed by atoms with E-state index < -0.39 is 5.91 Å². The third-order valence-electron chi connectivity index (χ3n) is 4.06. The van der Waals surface area contributed by atoms with Gasteiger partial charge in [-0.3, -0.25) is 15.0 Å². The number of hydrazine groups is 1. The molecule has 3 rings (SSSR count). The van der Waals surface area contributed by atoms with Gasteiger partial charge in [0.2, 0.25) is 5.88 Å². The van der Waals surface area contributed by atoms with Crippen LogP contribution in [0.25, 0.3) is 0 Å². The molecule has 132 valence electrons. The first-order chi connectivity index (χ1) is 12.0. The van der Waals surface area contributed by atoms with Crippen LogP contribution in [-0.4, -0.2) is 40.3 Å². The number of pyridine rings is 1. The lowest BCUT2D eigenvalue weighted by atomic mass is 10.1. The maximum absolute atomic E-state index is 13.0. The number of methoxy groups -OCH3 is 1. The van der Waals surface area contributed by atoms with Crippen LogP contribution in [0.4, 0.5) is 0 Å². The average Bonchev–Trinajstić information content (AvgIpc) is 3.28. The third kappa shape index (κ3) is 3.47. The number of carbonyl (C=O) groups excluding carboxylic acids is 2. The minimum atomic E-state index is -0.582. The Kier molecular flexibility index (Phi) is 4.95. The average molecular weight is 361 g/mol. The molecule has 1 aliphatic heterocycles. The molecule has 25 heavy (non-hydrogen) atoms. The molecule has 0 saturated carbocycles. The molecule has 0 bridgehead atoms. The third-order valence-corrected chi connectivity index (χ3v) is 5.12. The Morgan fingerprint density at radius 1 is 1.40 bits per heavy atom. The van der Waals surface area contributed by atoms with Crippen LogP contribution in [0.3, 0.4) is 0 Å². The van der Waals surface area contributed by atoms with E-state index in [-0.39, 0.29) is 23.5 Å². The Labute approximate surface area is 149 Å². The van der Waals surface area contributed by atoms with Gasteiger partial charge in [0.05, 0.1) is 13.2 Å². The summed E-state index contributed by atoms with van der Waals surface area (Å²) < 4.78 is 5.10. The van der Waals surface area contributed by atoms with Gasteiger partial charge in [-0.1, -0.05) is 0 Å². The molecule has 1 atom stereocenters. The lowest BCUT2D eigenvalue weighted by molar-refractivity contribution is 0.0734. The number of hydrogen-bond acceptors (Lipinski definition) is 7. The van der Waals surface area contributed by atoms with Crippen molar-refractivity contribution in [3.63, 3.8) is 0 Å². The van der Waals surface area contributed by atoms with Crippen molar-refractivity contribution in [1.29, 1.82) is 0 Å². The Morgan fingerprint density at radius 2 is 2.20 bits per heavy atom. The molecule has 3 heterocycles. The van der Waals surface area contributed by atoms with E-state index in [0.717, 1.165) is 23.5 Å². The quantitative estimate of drug-likeness (QED) is 0.484. The Balaban J connectivity index is 1.92. The normalized spacial score (nSPS) is 16.8. The zero-order valence-electron chi connectivity index (χ0n) is 14.0. The SMILES string of the molecule is COc1cc(C(=O)N2CCCC2c2nc(C)cs2)cc(C(=O)NN)n1. The summed E-state index contributed by atoms with van der Waals surface area (Å²) in [7, 11) is 1.43. The fourth-order valence-corrected chi connectivity index (χ4v) is 3.82. The summed E-state index contributed by atoms with van der Waals surface area (Å²) in [6, 6.07) is 2.91. The summed E-state index contributed by atoms with van der Waals surface area (Å²) in [5.41, 5.74) is 3.34. The van der Waals surface area contributed by atoms with Crippen molar-refractivity contribution >= 4 is 23.2 Å². The largest absolute Gasteiger partial charge is 0.481 e. The fraction of sp³-hybridized carbons (Fsp3) is 0.375. The molecule has 0 aromatic carbocycles. The minimum Gasteiger partial charge on any atom is -0.481 e. The number of ether oxygens (including phenoxy) is 1. The van der Waals surface area contributed by atoms with Gasteiger partial charge in [0.15, 0.2) is 0 Å². The summed E-state index contributed by atoms with van der Waals surface area (Å²) in [6.45, 7) is 2.58. The lowest BCUT2D eigenvalue weighted by Crippen LogP contribution is -2.33. The van der Waals surface area contributed by atoms with Crippen LogP contribution in [0.5, 0.6) is 5.88 Å². The number of hydrogen-bond donors (Lipinski definition) is 2. The van der Waals surface area contributed by atoms with E-state index in [1.54, 1.807) is 16.2 Å². The van der Waals surface area contributed by atoms with Crippen molar-refractivity contribution in [3.05, 3.63) is 39.5 Å². The van der Waals surface area contributed by atoms with E-state index in [1.807, 2.05) is 17.7 Å². The second-order valence-electron chi connectivity index (χ2n) is 5.74. The van der Waals surface area contributed by atoms with E-state index in [9.17, 15) is 9.59 Å². The van der Waals surface area contributed by atoms with Crippen molar-refractivity contribution in [2.75, 3.05) is 13.7 Å². The highest BCUT2D eigenvalue weighted by atomic mass is 32.1. The molecule has 1 aliphatic rings. The van der Waals surface area contributed by atoms with Gasteiger partial charge < -0.3 is 9.64 Å². The first-order valence-electron chi connectivity index (χ1n) is 7.83. The highest BCUT2D eigenvalue weighted by molar-refractivity contribution is 7.09. The number of likely N-dealkylation sites (tertiary alicyclic amines) is 1. The van der Waals surface area contributed by atoms with Crippen LogP contribution in [0.15, 0.2) is 17.5 Å². The molecule has 0 spiro atoms. The van der Waals surface area contributed by atoms with Crippen molar-refractivity contribution in [2.45, 2.75) is 25.8 Å². The summed E-state index contributed by atoms with van der Waals surface area (Å²) >= 11 is 1.56. The fourth-order valence-electron chi connectivity index (χ4n) is 2.88. The maximum Gasteiger partial charge on any atom is 0.283 e. The van der Waals surface area contributed by atoms with Crippen LogP contribution in [0.2, 0.25) is 0 Å². The highest BCUT2D eigenvalue weighted by Gasteiger charge is 2.33. The van der Waals surface area contributed by atoms with E-state index in [1.165, 1.54) is 19.2 Å². The number of rotatable bonds is 4. The molecule has 2 amide bonds. The molecular weight excluding hydrogens is 342 g/mol. The number of carbonyl (C=O) groups is 2. The van der Waals surface area contributed by atoms with E-state index >= 15 is 0 Å². The van der Waals surface area contributed by atoms with Crippen LogP contribution < -0.4 is 16.0 Å². The predicted molar refractivity (Wildman–Crippen MR) is 92.3 cm³/mol. The summed E-state index contributed by atoms with van der Waals surface area (Å²) in [5, 5.41) is 2.92. The summed E-state index contributed by atoms with van der Waals surface area (Å²) in [6.07, 6.45) is 1.78. The van der Waals surface area contributed by atoms with Crippen molar-refractivity contribution < 1.29 is 14.3 Å². The summed E-state index contributed by atoms with van der Waals surface area (Å²) in [5.74, 6) is 4.59. The van der Waals surface area contributed by atoms with Gasteiger partial charge in [-0.25, -0.2) is 15.8 Å². The number of aromatic nitrogens is 2. The summed E-state index contributed by atoms with van der Waals surface area (Å²) in [4.78, 5) is 35.1. The minimum absolute atomic E-state index is 0.0334. The Morgan fingerprint density at radius 3 is 2.84 bits per heavy atom.